The van der Waals surface area contributed by atoms with Crippen LogP contribution in [-0.4, -0.2) is 26.5 Å². The first-order valence-electron chi connectivity index (χ1n) is 6.04. The molecule has 0 fully saturated rings. The molecule has 0 aromatic heterocycles. The molecule has 0 radical (unpaired) electrons. The lowest BCUT2D eigenvalue weighted by Crippen LogP contribution is -2.13. The zero-order chi connectivity index (χ0) is 13.7. The van der Waals surface area contributed by atoms with Gasteiger partial charge in [-0.1, -0.05) is 13.8 Å². The SMILES string of the molecule is COc1ccc(OC)c(C(C)C)c1C(=O)CCN. The summed E-state index contributed by atoms with van der Waals surface area (Å²) in [4.78, 5) is 12.2. The van der Waals surface area contributed by atoms with E-state index in [0.717, 1.165) is 5.56 Å². The molecule has 4 heteroatoms. The van der Waals surface area contributed by atoms with E-state index >= 15 is 0 Å². The molecule has 0 spiro atoms. The maximum absolute atomic E-state index is 12.2. The van der Waals surface area contributed by atoms with Crippen LogP contribution in [0, 0.1) is 0 Å². The second-order valence-electron chi connectivity index (χ2n) is 4.38. The summed E-state index contributed by atoms with van der Waals surface area (Å²) in [6.45, 7) is 4.38. The molecule has 0 unspecified atom stereocenters. The molecule has 0 aliphatic heterocycles. The van der Waals surface area contributed by atoms with E-state index in [9.17, 15) is 4.79 Å². The van der Waals surface area contributed by atoms with Gasteiger partial charge in [-0.25, -0.2) is 0 Å². The van der Waals surface area contributed by atoms with Crippen molar-refractivity contribution in [3.63, 3.8) is 0 Å². The number of rotatable bonds is 6. The lowest BCUT2D eigenvalue weighted by molar-refractivity contribution is 0.0980. The van der Waals surface area contributed by atoms with Gasteiger partial charge in [-0.3, -0.25) is 4.79 Å². The molecule has 2 N–H and O–H groups in total. The van der Waals surface area contributed by atoms with Gasteiger partial charge in [0, 0.05) is 12.0 Å². The molecule has 1 aromatic carbocycles. The molecule has 0 saturated carbocycles. The minimum Gasteiger partial charge on any atom is -0.496 e. The third-order valence-corrected chi connectivity index (χ3v) is 2.83. The second-order valence-corrected chi connectivity index (χ2v) is 4.38. The van der Waals surface area contributed by atoms with Crippen LogP contribution in [0.1, 0.15) is 42.1 Å². The van der Waals surface area contributed by atoms with Gasteiger partial charge in [0.2, 0.25) is 0 Å². The van der Waals surface area contributed by atoms with Gasteiger partial charge in [0.25, 0.3) is 0 Å². The Morgan fingerprint density at radius 1 is 1.22 bits per heavy atom. The van der Waals surface area contributed by atoms with Crippen LogP contribution in [0.5, 0.6) is 11.5 Å². The Morgan fingerprint density at radius 2 is 1.78 bits per heavy atom. The van der Waals surface area contributed by atoms with Gasteiger partial charge in [-0.05, 0) is 24.6 Å². The smallest absolute Gasteiger partial charge is 0.168 e. The van der Waals surface area contributed by atoms with E-state index in [1.165, 1.54) is 0 Å². The quantitative estimate of drug-likeness (QED) is 0.788. The Labute approximate surface area is 108 Å². The molecule has 0 aliphatic carbocycles. The summed E-state index contributed by atoms with van der Waals surface area (Å²) in [6, 6.07) is 3.59. The summed E-state index contributed by atoms with van der Waals surface area (Å²) in [5.74, 6) is 1.47. The Morgan fingerprint density at radius 3 is 2.22 bits per heavy atom. The first kappa shape index (κ1) is 14.5. The number of ketones is 1. The largest absolute Gasteiger partial charge is 0.496 e. The van der Waals surface area contributed by atoms with Crippen molar-refractivity contribution in [1.29, 1.82) is 0 Å². The fraction of sp³-hybridized carbons (Fsp3) is 0.500. The zero-order valence-corrected chi connectivity index (χ0v) is 11.4. The van der Waals surface area contributed by atoms with Crippen LogP contribution in [-0.2, 0) is 0 Å². The number of carbonyl (C=O) groups excluding carboxylic acids is 1. The highest BCUT2D eigenvalue weighted by atomic mass is 16.5. The average molecular weight is 251 g/mol. The van der Waals surface area contributed by atoms with Crippen LogP contribution < -0.4 is 15.2 Å². The van der Waals surface area contributed by atoms with Crippen molar-refractivity contribution in [3.8, 4) is 11.5 Å². The summed E-state index contributed by atoms with van der Waals surface area (Å²) < 4.78 is 10.6. The van der Waals surface area contributed by atoms with E-state index < -0.39 is 0 Å². The molecule has 0 saturated heterocycles. The highest BCUT2D eigenvalue weighted by Crippen LogP contribution is 2.36. The molecule has 0 amide bonds. The number of ether oxygens (including phenoxy) is 2. The van der Waals surface area contributed by atoms with Crippen LogP contribution in [0.25, 0.3) is 0 Å². The van der Waals surface area contributed by atoms with Crippen molar-refractivity contribution >= 4 is 5.78 Å². The first-order chi connectivity index (χ1) is 8.56. The summed E-state index contributed by atoms with van der Waals surface area (Å²) in [6.07, 6.45) is 0.309. The summed E-state index contributed by atoms with van der Waals surface area (Å²) >= 11 is 0. The van der Waals surface area contributed by atoms with Crippen LogP contribution in [0.15, 0.2) is 12.1 Å². The topological polar surface area (TPSA) is 61.5 Å². The monoisotopic (exact) mass is 251 g/mol. The lowest BCUT2D eigenvalue weighted by atomic mass is 9.91. The fourth-order valence-corrected chi connectivity index (χ4v) is 2.05. The predicted molar refractivity (Wildman–Crippen MR) is 71.6 cm³/mol. The van der Waals surface area contributed by atoms with E-state index in [1.54, 1.807) is 20.3 Å². The van der Waals surface area contributed by atoms with Crippen LogP contribution in [0.3, 0.4) is 0 Å². The van der Waals surface area contributed by atoms with Gasteiger partial charge < -0.3 is 15.2 Å². The standard InChI is InChI=1S/C14H21NO3/c1-9(2)13-11(17-3)5-6-12(18-4)14(13)10(16)7-8-15/h5-6,9H,7-8,15H2,1-4H3. The normalized spacial score (nSPS) is 10.6. The Bertz CT molecular complexity index is 427. The number of nitrogens with two attached hydrogens (primary N) is 1. The molecule has 4 nitrogen and oxygen atoms in total. The van der Waals surface area contributed by atoms with Gasteiger partial charge >= 0.3 is 0 Å². The van der Waals surface area contributed by atoms with Crippen LogP contribution >= 0.6 is 0 Å². The number of hydrogen-bond acceptors (Lipinski definition) is 4. The van der Waals surface area contributed by atoms with Gasteiger partial charge in [0.05, 0.1) is 19.8 Å². The third kappa shape index (κ3) is 2.82. The molecular formula is C14H21NO3. The summed E-state index contributed by atoms with van der Waals surface area (Å²) in [5, 5.41) is 0. The van der Waals surface area contributed by atoms with E-state index in [2.05, 4.69) is 0 Å². The number of hydrogen-bond donors (Lipinski definition) is 1. The van der Waals surface area contributed by atoms with Crippen LogP contribution in [0.2, 0.25) is 0 Å². The molecule has 0 aliphatic rings. The van der Waals surface area contributed by atoms with Gasteiger partial charge in [0.15, 0.2) is 5.78 Å². The number of benzene rings is 1. The Hall–Kier alpha value is -1.55. The van der Waals surface area contributed by atoms with Crippen molar-refractivity contribution in [1.82, 2.24) is 0 Å². The third-order valence-electron chi connectivity index (χ3n) is 2.83. The average Bonchev–Trinajstić information content (AvgIpc) is 2.36. The zero-order valence-electron chi connectivity index (χ0n) is 11.4. The van der Waals surface area contributed by atoms with E-state index in [4.69, 9.17) is 15.2 Å². The maximum atomic E-state index is 12.2. The molecule has 0 heterocycles. The predicted octanol–water partition coefficient (Wildman–Crippen LogP) is 2.36. The molecule has 0 bridgehead atoms. The highest BCUT2D eigenvalue weighted by molar-refractivity contribution is 6.01. The Kier molecular flexibility index (Phi) is 5.16. The molecule has 1 rings (SSSR count). The van der Waals surface area contributed by atoms with Crippen molar-refractivity contribution in [2.75, 3.05) is 20.8 Å². The van der Waals surface area contributed by atoms with E-state index in [-0.39, 0.29) is 11.7 Å². The maximum Gasteiger partial charge on any atom is 0.168 e. The fourth-order valence-electron chi connectivity index (χ4n) is 2.05. The van der Waals surface area contributed by atoms with Gasteiger partial charge in [-0.15, -0.1) is 0 Å². The van der Waals surface area contributed by atoms with Gasteiger partial charge in [0.1, 0.15) is 11.5 Å². The van der Waals surface area contributed by atoms with Crippen LogP contribution in [0.4, 0.5) is 0 Å². The number of methoxy groups -OCH3 is 2. The van der Waals surface area contributed by atoms with E-state index in [0.29, 0.717) is 30.0 Å². The molecular weight excluding hydrogens is 230 g/mol. The Balaban J connectivity index is 3.45. The molecule has 100 valence electrons. The minimum atomic E-state index is -0.00282. The molecule has 0 atom stereocenters. The van der Waals surface area contributed by atoms with Crippen molar-refractivity contribution in [2.45, 2.75) is 26.2 Å². The highest BCUT2D eigenvalue weighted by Gasteiger charge is 2.22. The summed E-state index contributed by atoms with van der Waals surface area (Å²) in [5.41, 5.74) is 6.94. The van der Waals surface area contributed by atoms with Crippen molar-refractivity contribution in [3.05, 3.63) is 23.3 Å². The van der Waals surface area contributed by atoms with Crippen molar-refractivity contribution < 1.29 is 14.3 Å². The second kappa shape index (κ2) is 6.40. The molecule has 1 aromatic rings. The lowest BCUT2D eigenvalue weighted by Gasteiger charge is -2.18. The minimum absolute atomic E-state index is 0.00282. The number of carbonyl (C=O) groups is 1. The summed E-state index contributed by atoms with van der Waals surface area (Å²) in [7, 11) is 3.16. The number of Topliss-reactive ketones (excluding diaryl/α,β-unsaturated/α-hetero) is 1. The van der Waals surface area contributed by atoms with Crippen molar-refractivity contribution in [2.24, 2.45) is 5.73 Å². The van der Waals surface area contributed by atoms with Gasteiger partial charge in [-0.2, -0.15) is 0 Å². The molecule has 18 heavy (non-hydrogen) atoms. The first-order valence-corrected chi connectivity index (χ1v) is 6.04. The van der Waals surface area contributed by atoms with E-state index in [1.807, 2.05) is 19.9 Å².